The van der Waals surface area contributed by atoms with Crippen LogP contribution >= 0.6 is 11.3 Å². The molecule has 1 N–H and O–H groups in total. The highest BCUT2D eigenvalue weighted by Crippen LogP contribution is 2.05. The molecule has 6 heteroatoms. The second-order valence-electron chi connectivity index (χ2n) is 2.81. The van der Waals surface area contributed by atoms with Crippen molar-refractivity contribution in [3.05, 3.63) is 15.9 Å². The van der Waals surface area contributed by atoms with E-state index in [1.54, 1.807) is 24.8 Å². The van der Waals surface area contributed by atoms with Crippen LogP contribution < -0.4 is 4.80 Å². The highest BCUT2D eigenvalue weighted by Gasteiger charge is 2.10. The second-order valence-corrected chi connectivity index (χ2v) is 3.84. The molecule has 0 unspecified atom stereocenters. The van der Waals surface area contributed by atoms with Crippen molar-refractivity contribution in [1.29, 1.82) is 5.41 Å². The lowest BCUT2D eigenvalue weighted by molar-refractivity contribution is 0.0531. The Morgan fingerprint density at radius 3 is 3.00 bits per heavy atom. The standard InChI is InChI=1S/C9H14N2O3S/c1-3-14-8(12)7-6-11(4-5-13-2)9(10)15-7/h6,10H,3-5H2,1-2H3. The summed E-state index contributed by atoms with van der Waals surface area (Å²) >= 11 is 1.11. The van der Waals surface area contributed by atoms with Gasteiger partial charge in [-0.25, -0.2) is 4.79 Å². The zero-order valence-corrected chi connectivity index (χ0v) is 9.60. The summed E-state index contributed by atoms with van der Waals surface area (Å²) in [6.45, 7) is 3.20. The van der Waals surface area contributed by atoms with E-state index in [-0.39, 0.29) is 5.97 Å². The number of carbonyl (C=O) groups is 1. The van der Waals surface area contributed by atoms with Crippen molar-refractivity contribution < 1.29 is 14.3 Å². The van der Waals surface area contributed by atoms with Gasteiger partial charge in [0.1, 0.15) is 4.88 Å². The van der Waals surface area contributed by atoms with Gasteiger partial charge in [0.15, 0.2) is 4.80 Å². The molecule has 1 rings (SSSR count). The minimum absolute atomic E-state index is 0.329. The normalized spacial score (nSPS) is 10.3. The maximum Gasteiger partial charge on any atom is 0.349 e. The summed E-state index contributed by atoms with van der Waals surface area (Å²) in [5, 5.41) is 7.61. The molecule has 0 aliphatic rings. The molecule has 0 saturated heterocycles. The van der Waals surface area contributed by atoms with Gasteiger partial charge in [-0.05, 0) is 6.92 Å². The van der Waals surface area contributed by atoms with Crippen molar-refractivity contribution in [1.82, 2.24) is 4.57 Å². The predicted molar refractivity (Wildman–Crippen MR) is 56.0 cm³/mol. The Balaban J connectivity index is 2.76. The third-order valence-electron chi connectivity index (χ3n) is 1.75. The molecule has 0 fully saturated rings. The van der Waals surface area contributed by atoms with Crippen LogP contribution in [-0.2, 0) is 16.0 Å². The van der Waals surface area contributed by atoms with E-state index in [0.29, 0.717) is 29.4 Å². The molecular weight excluding hydrogens is 216 g/mol. The first-order valence-corrected chi connectivity index (χ1v) is 5.41. The van der Waals surface area contributed by atoms with Crippen molar-refractivity contribution in [2.24, 2.45) is 0 Å². The molecule has 1 aromatic heterocycles. The van der Waals surface area contributed by atoms with Gasteiger partial charge in [-0.15, -0.1) is 0 Å². The highest BCUT2D eigenvalue weighted by atomic mass is 32.1. The van der Waals surface area contributed by atoms with Gasteiger partial charge in [0.05, 0.1) is 13.2 Å². The van der Waals surface area contributed by atoms with Gasteiger partial charge in [0.25, 0.3) is 0 Å². The fraction of sp³-hybridized carbons (Fsp3) is 0.556. The Hall–Kier alpha value is -1.14. The predicted octanol–water partition coefficient (Wildman–Crippen LogP) is 0.852. The fourth-order valence-electron chi connectivity index (χ4n) is 1.04. The molecule has 0 amide bonds. The van der Waals surface area contributed by atoms with Crippen LogP contribution in [0.25, 0.3) is 0 Å². The van der Waals surface area contributed by atoms with Crippen molar-refractivity contribution in [2.45, 2.75) is 13.5 Å². The molecule has 0 radical (unpaired) electrons. The van der Waals surface area contributed by atoms with Crippen LogP contribution in [0.1, 0.15) is 16.6 Å². The largest absolute Gasteiger partial charge is 0.462 e. The zero-order valence-electron chi connectivity index (χ0n) is 8.78. The van der Waals surface area contributed by atoms with E-state index in [0.717, 1.165) is 11.3 Å². The van der Waals surface area contributed by atoms with E-state index in [1.165, 1.54) is 0 Å². The van der Waals surface area contributed by atoms with E-state index in [9.17, 15) is 4.79 Å². The average Bonchev–Trinajstić information content (AvgIpc) is 2.57. The van der Waals surface area contributed by atoms with Crippen LogP contribution in [0.3, 0.4) is 0 Å². The smallest absolute Gasteiger partial charge is 0.349 e. The lowest BCUT2D eigenvalue weighted by Crippen LogP contribution is -2.14. The number of hydrogen-bond donors (Lipinski definition) is 1. The number of aromatic nitrogens is 1. The first-order valence-electron chi connectivity index (χ1n) is 4.60. The van der Waals surface area contributed by atoms with Crippen LogP contribution in [-0.4, -0.2) is 30.9 Å². The quantitative estimate of drug-likeness (QED) is 0.763. The maximum atomic E-state index is 11.3. The number of carbonyl (C=O) groups excluding carboxylic acids is 1. The van der Waals surface area contributed by atoms with Gasteiger partial charge in [-0.3, -0.25) is 5.41 Å². The van der Waals surface area contributed by atoms with E-state index in [4.69, 9.17) is 14.9 Å². The van der Waals surface area contributed by atoms with E-state index in [2.05, 4.69) is 0 Å². The summed E-state index contributed by atoms with van der Waals surface area (Å²) < 4.78 is 11.4. The fourth-order valence-corrected chi connectivity index (χ4v) is 1.83. The summed E-state index contributed by atoms with van der Waals surface area (Å²) in [6, 6.07) is 0. The second kappa shape index (κ2) is 5.67. The molecular formula is C9H14N2O3S. The molecule has 0 saturated carbocycles. The summed E-state index contributed by atoms with van der Waals surface area (Å²) in [5.41, 5.74) is 0. The molecule has 0 spiro atoms. The van der Waals surface area contributed by atoms with Crippen molar-refractivity contribution in [2.75, 3.05) is 20.3 Å². The van der Waals surface area contributed by atoms with Crippen LogP contribution in [0.4, 0.5) is 0 Å². The molecule has 15 heavy (non-hydrogen) atoms. The van der Waals surface area contributed by atoms with Crippen molar-refractivity contribution in [3.63, 3.8) is 0 Å². The monoisotopic (exact) mass is 230 g/mol. The first-order chi connectivity index (χ1) is 7.19. The lowest BCUT2D eigenvalue weighted by atomic mass is 10.5. The van der Waals surface area contributed by atoms with Crippen molar-refractivity contribution in [3.8, 4) is 0 Å². The highest BCUT2D eigenvalue weighted by molar-refractivity contribution is 7.11. The average molecular weight is 230 g/mol. The minimum Gasteiger partial charge on any atom is -0.462 e. The van der Waals surface area contributed by atoms with Gasteiger partial charge in [0, 0.05) is 19.9 Å². The lowest BCUT2D eigenvalue weighted by Gasteiger charge is -1.99. The molecule has 84 valence electrons. The third-order valence-corrected chi connectivity index (χ3v) is 2.67. The number of ether oxygens (including phenoxy) is 2. The minimum atomic E-state index is -0.368. The van der Waals surface area contributed by atoms with Crippen molar-refractivity contribution >= 4 is 17.3 Å². The Bertz CT molecular complexity index is 383. The molecule has 0 aliphatic heterocycles. The summed E-state index contributed by atoms with van der Waals surface area (Å²) in [5.74, 6) is -0.368. The number of methoxy groups -OCH3 is 1. The van der Waals surface area contributed by atoms with Crippen LogP contribution in [0.5, 0.6) is 0 Å². The Morgan fingerprint density at radius 1 is 1.67 bits per heavy atom. The van der Waals surface area contributed by atoms with Gasteiger partial charge in [-0.2, -0.15) is 0 Å². The molecule has 1 heterocycles. The molecule has 5 nitrogen and oxygen atoms in total. The van der Waals surface area contributed by atoms with E-state index >= 15 is 0 Å². The topological polar surface area (TPSA) is 64.3 Å². The maximum absolute atomic E-state index is 11.3. The third kappa shape index (κ3) is 3.17. The van der Waals surface area contributed by atoms with Gasteiger partial charge >= 0.3 is 5.97 Å². The summed E-state index contributed by atoms with van der Waals surface area (Å²) in [4.78, 5) is 12.1. The Kier molecular flexibility index (Phi) is 4.51. The first kappa shape index (κ1) is 11.9. The SMILES string of the molecule is CCOC(=O)c1cn(CCOC)c(=N)s1. The van der Waals surface area contributed by atoms with Crippen LogP contribution in [0.15, 0.2) is 6.20 Å². The zero-order chi connectivity index (χ0) is 11.3. The van der Waals surface area contributed by atoms with Gasteiger partial charge in [-0.1, -0.05) is 11.3 Å². The molecule has 0 bridgehead atoms. The number of nitrogens with one attached hydrogen (secondary N) is 1. The Morgan fingerprint density at radius 2 is 2.40 bits per heavy atom. The van der Waals surface area contributed by atoms with Crippen LogP contribution in [0, 0.1) is 5.41 Å². The molecule has 0 aliphatic carbocycles. The van der Waals surface area contributed by atoms with Gasteiger partial charge < -0.3 is 14.0 Å². The number of thiazole rings is 1. The summed E-state index contributed by atoms with van der Waals surface area (Å²) in [6.07, 6.45) is 1.63. The molecule has 0 atom stereocenters. The van der Waals surface area contributed by atoms with Gasteiger partial charge in [0.2, 0.25) is 0 Å². The molecule has 1 aromatic rings. The van der Waals surface area contributed by atoms with E-state index in [1.807, 2.05) is 0 Å². The number of rotatable bonds is 5. The molecule has 0 aromatic carbocycles. The number of nitrogens with zero attached hydrogens (tertiary/aromatic N) is 1. The van der Waals surface area contributed by atoms with E-state index < -0.39 is 0 Å². The number of hydrogen-bond acceptors (Lipinski definition) is 5. The van der Waals surface area contributed by atoms with Crippen LogP contribution in [0.2, 0.25) is 0 Å². The summed E-state index contributed by atoms with van der Waals surface area (Å²) in [7, 11) is 1.60. The Labute approximate surface area is 91.8 Å². The number of esters is 1.